The molecule has 0 atom stereocenters. The molecule has 2 aromatic rings. The van der Waals surface area contributed by atoms with E-state index in [0.29, 0.717) is 45.5 Å². The van der Waals surface area contributed by atoms with Gasteiger partial charge in [-0.1, -0.05) is 29.3 Å². The van der Waals surface area contributed by atoms with Gasteiger partial charge in [-0.3, -0.25) is 0 Å². The molecular formula is C15H11Cl2FO2. The molecule has 3 rings (SSSR count). The highest BCUT2D eigenvalue weighted by atomic mass is 35.5. The summed E-state index contributed by atoms with van der Waals surface area (Å²) >= 11 is 12.3. The summed E-state index contributed by atoms with van der Waals surface area (Å²) in [5, 5.41) is 10.7. The number of benzene rings is 2. The smallest absolute Gasteiger partial charge is 0.165 e. The summed E-state index contributed by atoms with van der Waals surface area (Å²) in [4.78, 5) is 0. The van der Waals surface area contributed by atoms with E-state index < -0.39 is 5.82 Å². The quantitative estimate of drug-likeness (QED) is 0.817. The molecule has 0 bridgehead atoms. The number of fused-ring (bicyclic) bond motifs is 1. The zero-order valence-electron chi connectivity index (χ0n) is 10.4. The molecule has 2 aromatic carbocycles. The zero-order valence-corrected chi connectivity index (χ0v) is 11.9. The van der Waals surface area contributed by atoms with Crippen LogP contribution in [0.3, 0.4) is 0 Å². The molecular weight excluding hydrogens is 302 g/mol. The van der Waals surface area contributed by atoms with E-state index in [0.717, 1.165) is 6.42 Å². The topological polar surface area (TPSA) is 29.5 Å². The van der Waals surface area contributed by atoms with Gasteiger partial charge in [-0.25, -0.2) is 4.39 Å². The van der Waals surface area contributed by atoms with Crippen LogP contribution in [-0.4, -0.2) is 11.7 Å². The minimum Gasteiger partial charge on any atom is -0.505 e. The minimum atomic E-state index is -0.694. The van der Waals surface area contributed by atoms with Crippen molar-refractivity contribution < 1.29 is 14.2 Å². The first-order valence-electron chi connectivity index (χ1n) is 6.21. The van der Waals surface area contributed by atoms with Crippen molar-refractivity contribution in [1.82, 2.24) is 0 Å². The number of phenols is 1. The summed E-state index contributed by atoms with van der Waals surface area (Å²) < 4.78 is 19.5. The van der Waals surface area contributed by atoms with Crippen LogP contribution in [0.15, 0.2) is 24.3 Å². The molecule has 0 saturated carbocycles. The lowest BCUT2D eigenvalue weighted by Crippen LogP contribution is -2.10. The largest absolute Gasteiger partial charge is 0.505 e. The average Bonchev–Trinajstić information content (AvgIpc) is 2.44. The van der Waals surface area contributed by atoms with Crippen molar-refractivity contribution in [2.75, 3.05) is 6.61 Å². The number of aromatic hydroxyl groups is 1. The highest BCUT2D eigenvalue weighted by Gasteiger charge is 2.24. The molecule has 1 heterocycles. The van der Waals surface area contributed by atoms with Gasteiger partial charge in [0.15, 0.2) is 11.6 Å². The summed E-state index contributed by atoms with van der Waals surface area (Å²) in [6.45, 7) is 0.521. The summed E-state index contributed by atoms with van der Waals surface area (Å²) in [6.07, 6.45) is 1.30. The maximum absolute atomic E-state index is 13.9. The lowest BCUT2D eigenvalue weighted by Gasteiger charge is -2.22. The van der Waals surface area contributed by atoms with Crippen LogP contribution in [0, 0.1) is 5.82 Å². The predicted molar refractivity (Wildman–Crippen MR) is 77.3 cm³/mol. The van der Waals surface area contributed by atoms with Crippen molar-refractivity contribution in [3.63, 3.8) is 0 Å². The third-order valence-electron chi connectivity index (χ3n) is 3.35. The average molecular weight is 313 g/mol. The Labute approximate surface area is 125 Å². The van der Waals surface area contributed by atoms with Gasteiger partial charge in [0.25, 0.3) is 0 Å². The number of hydrogen-bond donors (Lipinski definition) is 1. The zero-order chi connectivity index (χ0) is 14.3. The summed E-state index contributed by atoms with van der Waals surface area (Å²) in [7, 11) is 0. The summed E-state index contributed by atoms with van der Waals surface area (Å²) in [5.41, 5.74) is 1.47. The van der Waals surface area contributed by atoms with Crippen molar-refractivity contribution in [1.29, 1.82) is 0 Å². The fourth-order valence-corrected chi connectivity index (χ4v) is 3.04. The first kappa shape index (κ1) is 13.5. The van der Waals surface area contributed by atoms with Gasteiger partial charge in [0.05, 0.1) is 16.7 Å². The van der Waals surface area contributed by atoms with E-state index >= 15 is 0 Å². The molecule has 5 heteroatoms. The lowest BCUT2D eigenvalue weighted by molar-refractivity contribution is 0.282. The van der Waals surface area contributed by atoms with Crippen molar-refractivity contribution in [2.45, 2.75) is 12.8 Å². The molecule has 0 aliphatic carbocycles. The molecule has 2 nitrogen and oxygen atoms in total. The fraction of sp³-hybridized carbons (Fsp3) is 0.200. The Balaban J connectivity index is 2.32. The number of ether oxygens (including phenoxy) is 1. The Morgan fingerprint density at radius 2 is 1.90 bits per heavy atom. The van der Waals surface area contributed by atoms with E-state index in [1.165, 1.54) is 6.07 Å². The van der Waals surface area contributed by atoms with Gasteiger partial charge in [0.1, 0.15) is 5.75 Å². The molecule has 20 heavy (non-hydrogen) atoms. The maximum Gasteiger partial charge on any atom is 0.165 e. The van der Waals surface area contributed by atoms with Gasteiger partial charge in [-0.2, -0.15) is 0 Å². The van der Waals surface area contributed by atoms with E-state index in [-0.39, 0.29) is 5.75 Å². The second kappa shape index (κ2) is 5.15. The summed E-state index contributed by atoms with van der Waals surface area (Å²) in [5.74, 6) is -0.586. The van der Waals surface area contributed by atoms with Crippen molar-refractivity contribution in [3.8, 4) is 22.6 Å². The SMILES string of the molecule is Oc1c(F)cc(-c2c(Cl)cccc2Cl)c2c1CCCO2. The van der Waals surface area contributed by atoms with E-state index in [2.05, 4.69) is 0 Å². The van der Waals surface area contributed by atoms with E-state index in [1.807, 2.05) is 0 Å². The number of hydrogen-bond acceptors (Lipinski definition) is 2. The molecule has 0 amide bonds. The third kappa shape index (κ3) is 2.11. The molecule has 104 valence electrons. The second-order valence-electron chi connectivity index (χ2n) is 4.61. The number of rotatable bonds is 1. The molecule has 1 aliphatic rings. The van der Waals surface area contributed by atoms with Crippen LogP contribution >= 0.6 is 23.2 Å². The molecule has 1 aliphatic heterocycles. The van der Waals surface area contributed by atoms with Crippen LogP contribution in [0.5, 0.6) is 11.5 Å². The number of halogens is 3. The Kier molecular flexibility index (Phi) is 3.48. The van der Waals surface area contributed by atoms with Crippen LogP contribution in [0.4, 0.5) is 4.39 Å². The Morgan fingerprint density at radius 3 is 2.60 bits per heavy atom. The predicted octanol–water partition coefficient (Wildman–Crippen LogP) is 4.83. The minimum absolute atomic E-state index is 0.355. The first-order valence-corrected chi connectivity index (χ1v) is 6.96. The third-order valence-corrected chi connectivity index (χ3v) is 3.98. The van der Waals surface area contributed by atoms with Gasteiger partial charge in [-0.05, 0) is 31.0 Å². The Morgan fingerprint density at radius 1 is 1.20 bits per heavy atom. The summed E-state index contributed by atoms with van der Waals surface area (Å²) in [6, 6.07) is 6.30. The molecule has 0 aromatic heterocycles. The van der Waals surface area contributed by atoms with Crippen LogP contribution in [0.25, 0.3) is 11.1 Å². The standard InChI is InChI=1S/C15H11Cl2FO2/c16-10-4-1-5-11(17)13(10)9-7-12(18)14(19)8-3-2-6-20-15(8)9/h1,4-5,7,19H,2-3,6H2. The highest BCUT2D eigenvalue weighted by Crippen LogP contribution is 2.46. The van der Waals surface area contributed by atoms with Crippen molar-refractivity contribution in [3.05, 3.63) is 45.7 Å². The van der Waals surface area contributed by atoms with Gasteiger partial charge in [-0.15, -0.1) is 0 Å². The van der Waals surface area contributed by atoms with Gasteiger partial charge in [0, 0.05) is 16.7 Å². The van der Waals surface area contributed by atoms with Crippen molar-refractivity contribution >= 4 is 23.2 Å². The second-order valence-corrected chi connectivity index (χ2v) is 5.43. The first-order chi connectivity index (χ1) is 9.59. The molecule has 1 N–H and O–H groups in total. The van der Waals surface area contributed by atoms with E-state index in [4.69, 9.17) is 27.9 Å². The van der Waals surface area contributed by atoms with Gasteiger partial charge >= 0.3 is 0 Å². The Hall–Kier alpha value is -1.45. The van der Waals surface area contributed by atoms with Crippen LogP contribution < -0.4 is 4.74 Å². The van der Waals surface area contributed by atoms with E-state index in [9.17, 15) is 9.50 Å². The normalized spacial score (nSPS) is 13.8. The monoisotopic (exact) mass is 312 g/mol. The van der Waals surface area contributed by atoms with E-state index in [1.54, 1.807) is 18.2 Å². The molecule has 0 saturated heterocycles. The molecule has 0 unspecified atom stereocenters. The molecule has 0 spiro atoms. The van der Waals surface area contributed by atoms with Crippen LogP contribution in [0.2, 0.25) is 10.0 Å². The number of phenolic OH excluding ortho intramolecular Hbond substituents is 1. The van der Waals surface area contributed by atoms with Gasteiger partial charge in [0.2, 0.25) is 0 Å². The van der Waals surface area contributed by atoms with Crippen molar-refractivity contribution in [2.24, 2.45) is 0 Å². The highest BCUT2D eigenvalue weighted by molar-refractivity contribution is 6.39. The van der Waals surface area contributed by atoms with Crippen LogP contribution in [0.1, 0.15) is 12.0 Å². The fourth-order valence-electron chi connectivity index (χ4n) is 2.44. The molecule has 0 radical (unpaired) electrons. The Bertz CT molecular complexity index is 666. The lowest BCUT2D eigenvalue weighted by atomic mass is 9.96. The maximum atomic E-state index is 13.9. The van der Waals surface area contributed by atoms with Gasteiger partial charge < -0.3 is 9.84 Å². The molecule has 0 fully saturated rings. The van der Waals surface area contributed by atoms with Crippen LogP contribution in [-0.2, 0) is 6.42 Å².